The first-order valence-electron chi connectivity index (χ1n) is 21.8. The quantitative estimate of drug-likeness (QED) is 0.122. The number of aromatic nitrogens is 3. The van der Waals surface area contributed by atoms with Crippen molar-refractivity contribution in [2.75, 3.05) is 40.0 Å². The second-order valence-electron chi connectivity index (χ2n) is 18.1. The van der Waals surface area contributed by atoms with Crippen molar-refractivity contribution in [1.82, 2.24) is 30.1 Å². The maximum Gasteiger partial charge on any atom is 0.410 e. The Bertz CT molecular complexity index is 1760. The Morgan fingerprint density at radius 2 is 1.80 bits per heavy atom. The van der Waals surface area contributed by atoms with Crippen molar-refractivity contribution in [1.29, 1.82) is 0 Å². The molecule has 0 spiro atoms. The minimum Gasteiger partial charge on any atom is -0.458 e. The minimum absolute atomic E-state index is 0.0906. The number of methoxy groups -OCH3 is 1. The van der Waals surface area contributed by atoms with E-state index in [0.29, 0.717) is 51.0 Å². The molecule has 16 nitrogen and oxygen atoms in total. The summed E-state index contributed by atoms with van der Waals surface area (Å²) in [4.78, 5) is 46.0. The molecule has 0 radical (unpaired) electrons. The molecule has 0 aliphatic carbocycles. The molecule has 4 N–H and O–H groups in total. The standard InChI is InChI=1S/C44H71N7O9/c1-12-35-44(8)38(51(42(55)60-44)21-14-13-20-50-25-33(47-48-50)31-16-15-17-32(45)23-31)30(6)46-19-18-26(2)24-43(7,56-11)39(28(4)36(52)29(5)40(54)58-35)59-41-37(53)34(49(9)10)22-27(3)57-41/h15-17,23,25-30,34-35,37-39,41,46,53H,12-14,18-22,24,45H2,1-11H3/t26-,27+,28-,29+,30-,34?,35+,37?,38+,39+,41-,43+,44+/m0/s1. The molecule has 13 atom stereocenters. The van der Waals surface area contributed by atoms with Gasteiger partial charge in [0.2, 0.25) is 0 Å². The summed E-state index contributed by atoms with van der Waals surface area (Å²) in [6.45, 7) is 16.6. The number of carbonyl (C=O) groups excluding carboxylic acids is 3. The molecular weight excluding hydrogens is 771 g/mol. The first-order chi connectivity index (χ1) is 28.3. The van der Waals surface area contributed by atoms with E-state index in [1.807, 2.05) is 84.1 Å². The number of cyclic esters (lactones) is 1. The summed E-state index contributed by atoms with van der Waals surface area (Å²) in [5.41, 5.74) is 6.00. The summed E-state index contributed by atoms with van der Waals surface area (Å²) in [7, 11) is 5.41. The van der Waals surface area contributed by atoms with Gasteiger partial charge in [-0.1, -0.05) is 38.1 Å². The molecule has 3 saturated heterocycles. The number of amides is 1. The number of unbranched alkanes of at least 4 members (excludes halogenated alkanes) is 1. The van der Waals surface area contributed by atoms with E-state index in [1.165, 1.54) is 0 Å². The number of nitrogens with one attached hydrogen (secondary N) is 1. The van der Waals surface area contributed by atoms with Gasteiger partial charge in [0.05, 0.1) is 30.0 Å². The van der Waals surface area contributed by atoms with Gasteiger partial charge < -0.3 is 44.7 Å². The summed E-state index contributed by atoms with van der Waals surface area (Å²) >= 11 is 0. The van der Waals surface area contributed by atoms with Crippen LogP contribution in [0.4, 0.5) is 10.5 Å². The zero-order valence-corrected chi connectivity index (χ0v) is 37.6. The van der Waals surface area contributed by atoms with E-state index in [2.05, 4.69) is 22.6 Å². The van der Waals surface area contributed by atoms with Gasteiger partial charge in [-0.3, -0.25) is 19.2 Å². The van der Waals surface area contributed by atoms with Crippen LogP contribution in [-0.4, -0.2) is 142 Å². The Hall–Kier alpha value is -3.67. The van der Waals surface area contributed by atoms with Gasteiger partial charge in [-0.05, 0) is 112 Å². The largest absolute Gasteiger partial charge is 0.458 e. The van der Waals surface area contributed by atoms with Gasteiger partial charge in [-0.15, -0.1) is 5.10 Å². The molecule has 5 rings (SSSR count). The summed E-state index contributed by atoms with van der Waals surface area (Å²) in [6, 6.07) is 6.53. The fourth-order valence-corrected chi connectivity index (χ4v) is 9.65. The number of esters is 1. The van der Waals surface area contributed by atoms with Crippen molar-refractivity contribution >= 4 is 23.5 Å². The molecule has 3 fully saturated rings. The van der Waals surface area contributed by atoms with Crippen molar-refractivity contribution in [2.24, 2.45) is 17.8 Å². The zero-order chi connectivity index (χ0) is 44.1. The molecule has 16 heteroatoms. The number of hydrogen-bond donors (Lipinski definition) is 3. The molecule has 60 heavy (non-hydrogen) atoms. The lowest BCUT2D eigenvalue weighted by Crippen LogP contribution is -2.61. The highest BCUT2D eigenvalue weighted by molar-refractivity contribution is 6.00. The van der Waals surface area contributed by atoms with Crippen molar-refractivity contribution in [3.05, 3.63) is 30.5 Å². The topological polar surface area (TPSA) is 193 Å². The highest BCUT2D eigenvalue weighted by atomic mass is 16.7. The number of hydrogen-bond acceptors (Lipinski definition) is 14. The Morgan fingerprint density at radius 3 is 2.47 bits per heavy atom. The number of benzene rings is 1. The number of carbonyl (C=O) groups is 3. The van der Waals surface area contributed by atoms with Crippen LogP contribution in [0.25, 0.3) is 11.3 Å². The van der Waals surface area contributed by atoms with Gasteiger partial charge in [0, 0.05) is 49.5 Å². The average molecular weight is 842 g/mol. The third kappa shape index (κ3) is 10.5. The SMILES string of the molecule is CC[C@H]1OC(=O)[C@H](C)C(=O)[C@H](C)[C@@H](O[C@@H]2O[C@H](C)CC(N(C)C)C2O)[C@](C)(OC)C[C@@H](C)CCN[C@@H](C)[C@H]2N(CCCCn3cc(-c4cccc(N)c4)nn3)C(=O)O[C@]12C. The van der Waals surface area contributed by atoms with Crippen LogP contribution in [-0.2, 0) is 39.8 Å². The lowest BCUT2D eigenvalue weighted by Gasteiger charge is -2.47. The Labute approximate surface area is 356 Å². The number of nitrogens with zero attached hydrogens (tertiary/aromatic N) is 5. The number of aliphatic hydroxyl groups excluding tert-OH is 1. The summed E-state index contributed by atoms with van der Waals surface area (Å²) in [5.74, 6) is -3.05. The van der Waals surface area contributed by atoms with E-state index in [9.17, 15) is 19.5 Å². The number of nitrogen functional groups attached to an aromatic ring is 1. The van der Waals surface area contributed by atoms with Gasteiger partial charge in [-0.25, -0.2) is 4.79 Å². The van der Waals surface area contributed by atoms with Gasteiger partial charge in [0.1, 0.15) is 23.8 Å². The highest BCUT2D eigenvalue weighted by Gasteiger charge is 2.58. The number of likely N-dealkylation sites (N-methyl/N-ethyl adjacent to an activating group) is 1. The molecule has 336 valence electrons. The Balaban J connectivity index is 1.36. The van der Waals surface area contributed by atoms with Crippen LogP contribution in [0.3, 0.4) is 0 Å². The third-order valence-corrected chi connectivity index (χ3v) is 13.1. The molecule has 1 aromatic heterocycles. The van der Waals surface area contributed by atoms with E-state index in [-0.39, 0.29) is 29.9 Å². The highest BCUT2D eigenvalue weighted by Crippen LogP contribution is 2.40. The number of ether oxygens (including phenoxy) is 5. The molecule has 3 aliphatic rings. The smallest absolute Gasteiger partial charge is 0.410 e. The lowest BCUT2D eigenvalue weighted by molar-refractivity contribution is -0.295. The number of nitrogens with two attached hydrogens (primary N) is 1. The molecule has 3 aliphatic heterocycles. The lowest BCUT2D eigenvalue weighted by atomic mass is 9.78. The first-order valence-corrected chi connectivity index (χ1v) is 21.8. The summed E-state index contributed by atoms with van der Waals surface area (Å²) in [5, 5.41) is 23.7. The molecule has 1 aromatic carbocycles. The molecular formula is C44H71N7O9. The van der Waals surface area contributed by atoms with Gasteiger partial charge >= 0.3 is 12.1 Å². The maximum atomic E-state index is 14.4. The maximum absolute atomic E-state index is 14.4. The second kappa shape index (κ2) is 20.0. The van der Waals surface area contributed by atoms with E-state index >= 15 is 0 Å². The third-order valence-electron chi connectivity index (χ3n) is 13.1. The fraction of sp³-hybridized carbons (Fsp3) is 0.750. The predicted molar refractivity (Wildman–Crippen MR) is 227 cm³/mol. The number of rotatable bonds is 11. The van der Waals surface area contributed by atoms with Gasteiger partial charge in [0.25, 0.3) is 0 Å². The number of aliphatic hydroxyl groups is 1. The van der Waals surface area contributed by atoms with E-state index in [0.717, 1.165) is 24.1 Å². The Morgan fingerprint density at radius 1 is 1.08 bits per heavy atom. The van der Waals surface area contributed by atoms with Gasteiger partial charge in [0.15, 0.2) is 17.7 Å². The summed E-state index contributed by atoms with van der Waals surface area (Å²) < 4.78 is 33.3. The van der Waals surface area contributed by atoms with Crippen LogP contribution in [0.2, 0.25) is 0 Å². The monoisotopic (exact) mass is 842 g/mol. The van der Waals surface area contributed by atoms with Crippen molar-refractivity contribution in [3.63, 3.8) is 0 Å². The molecule has 2 aromatic rings. The molecule has 1 amide bonds. The first kappa shape index (κ1) is 47.4. The molecule has 0 bridgehead atoms. The van der Waals surface area contributed by atoms with Crippen molar-refractivity contribution < 1.29 is 43.2 Å². The summed E-state index contributed by atoms with van der Waals surface area (Å²) in [6.07, 6.45) is 1.05. The van der Waals surface area contributed by atoms with Crippen LogP contribution in [0.5, 0.6) is 0 Å². The number of anilines is 1. The van der Waals surface area contributed by atoms with E-state index < -0.39 is 65.7 Å². The Kier molecular flexibility index (Phi) is 15.8. The van der Waals surface area contributed by atoms with Crippen molar-refractivity contribution in [3.8, 4) is 11.3 Å². The number of ketones is 1. The van der Waals surface area contributed by atoms with Gasteiger partial charge in [-0.2, -0.15) is 0 Å². The minimum atomic E-state index is -1.22. The number of aryl methyl sites for hydroxylation is 1. The fourth-order valence-electron chi connectivity index (χ4n) is 9.65. The van der Waals surface area contributed by atoms with Crippen LogP contribution in [0, 0.1) is 17.8 Å². The predicted octanol–water partition coefficient (Wildman–Crippen LogP) is 4.67. The van der Waals surface area contributed by atoms with Crippen LogP contribution in [0.1, 0.15) is 93.9 Å². The normalized spacial score (nSPS) is 36.2. The molecule has 4 heterocycles. The van der Waals surface area contributed by atoms with E-state index in [4.69, 9.17) is 29.4 Å². The molecule has 0 saturated carbocycles. The van der Waals surface area contributed by atoms with Crippen LogP contribution < -0.4 is 11.1 Å². The number of fused-ring (bicyclic) bond motifs is 1. The van der Waals surface area contributed by atoms with Crippen molar-refractivity contribution in [2.45, 2.75) is 160 Å². The van der Waals surface area contributed by atoms with Crippen LogP contribution >= 0.6 is 0 Å². The molecule has 2 unspecified atom stereocenters. The number of Topliss-reactive ketones (excluding diaryl/α,β-unsaturated/α-hetero) is 1. The zero-order valence-electron chi connectivity index (χ0n) is 37.6. The van der Waals surface area contributed by atoms with E-state index in [1.54, 1.807) is 30.5 Å². The second-order valence-corrected chi connectivity index (χ2v) is 18.1. The average Bonchev–Trinajstić information content (AvgIpc) is 3.78. The van der Waals surface area contributed by atoms with Crippen LogP contribution in [0.15, 0.2) is 30.5 Å².